The van der Waals surface area contributed by atoms with Crippen molar-refractivity contribution < 1.29 is 8.42 Å². The Bertz CT molecular complexity index is 300. The van der Waals surface area contributed by atoms with E-state index < -0.39 is 10.0 Å². The maximum Gasteiger partial charge on any atom is 0.211 e. The van der Waals surface area contributed by atoms with Gasteiger partial charge in [-0.1, -0.05) is 6.92 Å². The van der Waals surface area contributed by atoms with Crippen molar-refractivity contribution in [3.63, 3.8) is 0 Å². The van der Waals surface area contributed by atoms with Crippen LogP contribution in [0, 0.1) is 0 Å². The van der Waals surface area contributed by atoms with Crippen LogP contribution in [0.15, 0.2) is 0 Å². The predicted molar refractivity (Wildman–Crippen MR) is 75.2 cm³/mol. The van der Waals surface area contributed by atoms with E-state index in [1.165, 1.54) is 12.8 Å². The minimum Gasteiger partial charge on any atom is -0.317 e. The highest BCUT2D eigenvalue weighted by molar-refractivity contribution is 7.89. The number of likely N-dealkylation sites (tertiary alicyclic amines) is 1. The van der Waals surface area contributed by atoms with Crippen molar-refractivity contribution in [3.8, 4) is 0 Å². The predicted octanol–water partition coefficient (Wildman–Crippen LogP) is 0.391. The first kappa shape index (κ1) is 15.9. The highest BCUT2D eigenvalue weighted by atomic mass is 32.2. The number of hydrogen-bond acceptors (Lipinski definition) is 4. The Morgan fingerprint density at radius 2 is 1.83 bits per heavy atom. The van der Waals surface area contributed by atoms with Gasteiger partial charge in [0.2, 0.25) is 10.0 Å². The summed E-state index contributed by atoms with van der Waals surface area (Å²) in [7, 11) is -3.08. The summed E-state index contributed by atoms with van der Waals surface area (Å²) in [6.07, 6.45) is 4.26. The van der Waals surface area contributed by atoms with E-state index in [9.17, 15) is 8.42 Å². The molecule has 1 heterocycles. The normalized spacial score (nSPS) is 17.4. The van der Waals surface area contributed by atoms with Gasteiger partial charge < -0.3 is 10.2 Å². The van der Waals surface area contributed by atoms with Crippen molar-refractivity contribution in [3.05, 3.63) is 0 Å². The molecule has 6 heteroatoms. The number of hydrogen-bond donors (Lipinski definition) is 2. The molecule has 0 radical (unpaired) electrons. The van der Waals surface area contributed by atoms with Gasteiger partial charge in [0.25, 0.3) is 0 Å². The molecule has 0 aliphatic carbocycles. The number of rotatable bonds is 10. The van der Waals surface area contributed by atoms with E-state index in [1.54, 1.807) is 0 Å². The fourth-order valence-electron chi connectivity index (χ4n) is 2.13. The molecule has 0 unspecified atom stereocenters. The zero-order chi connectivity index (χ0) is 13.3. The van der Waals surface area contributed by atoms with Crippen LogP contribution in [0.2, 0.25) is 0 Å². The van der Waals surface area contributed by atoms with E-state index in [0.29, 0.717) is 13.0 Å². The largest absolute Gasteiger partial charge is 0.317 e. The summed E-state index contributed by atoms with van der Waals surface area (Å²) in [5, 5.41) is 3.21. The third-order valence-electron chi connectivity index (χ3n) is 3.14. The van der Waals surface area contributed by atoms with Crippen molar-refractivity contribution >= 4 is 10.0 Å². The highest BCUT2D eigenvalue weighted by Gasteiger charge is 2.13. The summed E-state index contributed by atoms with van der Waals surface area (Å²) in [6, 6.07) is 0. The zero-order valence-corrected chi connectivity index (χ0v) is 12.3. The molecule has 0 amide bonds. The third-order valence-corrected chi connectivity index (χ3v) is 4.61. The second kappa shape index (κ2) is 8.85. The lowest BCUT2D eigenvalue weighted by atomic mass is 10.4. The molecule has 2 N–H and O–H groups in total. The maximum atomic E-state index is 11.7. The van der Waals surface area contributed by atoms with Crippen LogP contribution >= 0.6 is 0 Å². The monoisotopic (exact) mass is 277 g/mol. The molecule has 0 aromatic carbocycles. The van der Waals surface area contributed by atoms with Gasteiger partial charge in [-0.05, 0) is 51.9 Å². The van der Waals surface area contributed by atoms with Gasteiger partial charge in [-0.15, -0.1) is 0 Å². The van der Waals surface area contributed by atoms with Crippen LogP contribution in [0.3, 0.4) is 0 Å². The second-order valence-corrected chi connectivity index (χ2v) is 6.79. The Balaban J connectivity index is 2.03. The first-order valence-corrected chi connectivity index (χ1v) is 8.69. The molecular weight excluding hydrogens is 250 g/mol. The lowest BCUT2D eigenvalue weighted by Gasteiger charge is -2.14. The molecular formula is C12H27N3O2S. The van der Waals surface area contributed by atoms with Gasteiger partial charge in [0, 0.05) is 13.1 Å². The van der Waals surface area contributed by atoms with E-state index in [4.69, 9.17) is 0 Å². The Hall–Kier alpha value is -0.170. The van der Waals surface area contributed by atoms with Crippen LogP contribution < -0.4 is 10.0 Å². The van der Waals surface area contributed by atoms with Crippen LogP contribution in [0.25, 0.3) is 0 Å². The van der Waals surface area contributed by atoms with Crippen molar-refractivity contribution in [1.82, 2.24) is 14.9 Å². The molecule has 1 fully saturated rings. The Kier molecular flexibility index (Phi) is 7.81. The van der Waals surface area contributed by atoms with E-state index >= 15 is 0 Å². The van der Waals surface area contributed by atoms with E-state index in [-0.39, 0.29) is 5.75 Å². The number of nitrogens with one attached hydrogen (secondary N) is 2. The molecule has 0 aromatic rings. The summed E-state index contributed by atoms with van der Waals surface area (Å²) >= 11 is 0. The molecule has 0 aromatic heterocycles. The third kappa shape index (κ3) is 7.31. The first-order chi connectivity index (χ1) is 8.64. The van der Waals surface area contributed by atoms with Gasteiger partial charge in [0.1, 0.15) is 0 Å². The summed E-state index contributed by atoms with van der Waals surface area (Å²) in [6.45, 7) is 7.45. The SMILES string of the molecule is CCCNCCCS(=O)(=O)NCCN1CCCC1. The lowest BCUT2D eigenvalue weighted by Crippen LogP contribution is -2.35. The molecule has 0 bridgehead atoms. The van der Waals surface area contributed by atoms with Crippen LogP contribution in [-0.2, 0) is 10.0 Å². The molecule has 1 aliphatic heterocycles. The summed E-state index contributed by atoms with van der Waals surface area (Å²) < 4.78 is 26.0. The average Bonchev–Trinajstić information content (AvgIpc) is 2.81. The van der Waals surface area contributed by atoms with E-state index in [1.807, 2.05) is 0 Å². The topological polar surface area (TPSA) is 61.4 Å². The zero-order valence-electron chi connectivity index (χ0n) is 11.5. The van der Waals surface area contributed by atoms with Gasteiger partial charge in [-0.25, -0.2) is 13.1 Å². The Labute approximate surface area is 111 Å². The smallest absolute Gasteiger partial charge is 0.211 e. The molecule has 1 saturated heterocycles. The fraction of sp³-hybridized carbons (Fsp3) is 1.00. The van der Waals surface area contributed by atoms with Crippen LogP contribution in [-0.4, -0.2) is 58.3 Å². The molecule has 108 valence electrons. The van der Waals surface area contributed by atoms with Crippen LogP contribution in [0.4, 0.5) is 0 Å². The van der Waals surface area contributed by atoms with Gasteiger partial charge in [-0.2, -0.15) is 0 Å². The highest BCUT2D eigenvalue weighted by Crippen LogP contribution is 2.05. The maximum absolute atomic E-state index is 11.7. The Morgan fingerprint density at radius 1 is 1.11 bits per heavy atom. The molecule has 1 rings (SSSR count). The van der Waals surface area contributed by atoms with Gasteiger partial charge in [-0.3, -0.25) is 0 Å². The summed E-state index contributed by atoms with van der Waals surface area (Å²) in [5.74, 6) is 0.226. The van der Waals surface area contributed by atoms with Crippen molar-refractivity contribution in [2.24, 2.45) is 0 Å². The Morgan fingerprint density at radius 3 is 2.50 bits per heavy atom. The van der Waals surface area contributed by atoms with E-state index in [0.717, 1.165) is 39.1 Å². The minimum absolute atomic E-state index is 0.226. The van der Waals surface area contributed by atoms with Gasteiger partial charge >= 0.3 is 0 Å². The molecule has 0 atom stereocenters. The summed E-state index contributed by atoms with van der Waals surface area (Å²) in [4.78, 5) is 2.31. The average molecular weight is 277 g/mol. The quantitative estimate of drug-likeness (QED) is 0.567. The van der Waals surface area contributed by atoms with Crippen LogP contribution in [0.1, 0.15) is 32.6 Å². The van der Waals surface area contributed by atoms with Gasteiger partial charge in [0.05, 0.1) is 5.75 Å². The second-order valence-electron chi connectivity index (χ2n) is 4.87. The van der Waals surface area contributed by atoms with Crippen molar-refractivity contribution in [2.75, 3.05) is 45.0 Å². The lowest BCUT2D eigenvalue weighted by molar-refractivity contribution is 0.344. The molecule has 5 nitrogen and oxygen atoms in total. The first-order valence-electron chi connectivity index (χ1n) is 7.04. The standard InChI is InChI=1S/C12H27N3O2S/c1-2-6-13-7-5-12-18(16,17)14-8-11-15-9-3-4-10-15/h13-14H,2-12H2,1H3. The fourth-order valence-corrected chi connectivity index (χ4v) is 3.20. The number of sulfonamides is 1. The minimum atomic E-state index is -3.08. The van der Waals surface area contributed by atoms with Crippen molar-refractivity contribution in [2.45, 2.75) is 32.6 Å². The molecule has 18 heavy (non-hydrogen) atoms. The molecule has 0 saturated carbocycles. The van der Waals surface area contributed by atoms with Gasteiger partial charge in [0.15, 0.2) is 0 Å². The molecule has 1 aliphatic rings. The summed E-state index contributed by atoms with van der Waals surface area (Å²) in [5.41, 5.74) is 0. The number of nitrogens with zero attached hydrogens (tertiary/aromatic N) is 1. The van der Waals surface area contributed by atoms with E-state index in [2.05, 4.69) is 21.9 Å². The molecule has 0 spiro atoms. The van der Waals surface area contributed by atoms with Crippen LogP contribution in [0.5, 0.6) is 0 Å². The van der Waals surface area contributed by atoms with Crippen molar-refractivity contribution in [1.29, 1.82) is 0 Å².